The monoisotopic (exact) mass is 297 g/mol. The molecule has 0 aliphatic carbocycles. The molecule has 0 aliphatic rings. The first-order chi connectivity index (χ1) is 10.1. The van der Waals surface area contributed by atoms with Crippen LogP contribution in [0.5, 0.6) is 6.01 Å². The molecule has 0 radical (unpaired) electrons. The minimum Gasteiger partial charge on any atom is -0.463 e. The van der Waals surface area contributed by atoms with Gasteiger partial charge in [0.05, 0.1) is 12.7 Å². The van der Waals surface area contributed by atoms with Gasteiger partial charge in [-0.25, -0.2) is 0 Å². The van der Waals surface area contributed by atoms with Gasteiger partial charge >= 0.3 is 6.01 Å². The van der Waals surface area contributed by atoms with E-state index in [9.17, 15) is 5.11 Å². The van der Waals surface area contributed by atoms with Gasteiger partial charge in [0.15, 0.2) is 0 Å². The second-order valence-electron chi connectivity index (χ2n) is 4.89. The number of hydrogen-bond donors (Lipinski definition) is 3. The molecule has 1 rings (SSSR count). The molecule has 0 saturated heterocycles. The van der Waals surface area contributed by atoms with Crippen LogP contribution in [0, 0.1) is 5.92 Å². The summed E-state index contributed by atoms with van der Waals surface area (Å²) in [5, 5.41) is 16.1. The van der Waals surface area contributed by atoms with Crippen LogP contribution in [0.4, 0.5) is 11.9 Å². The van der Waals surface area contributed by atoms with Gasteiger partial charge in [0.25, 0.3) is 0 Å². The summed E-state index contributed by atoms with van der Waals surface area (Å²) in [6.07, 6.45) is 2.36. The third kappa shape index (κ3) is 5.71. The van der Waals surface area contributed by atoms with Gasteiger partial charge in [-0.1, -0.05) is 33.6 Å². The third-order valence-electron chi connectivity index (χ3n) is 3.34. The maximum absolute atomic E-state index is 10.1. The van der Waals surface area contributed by atoms with Crippen molar-refractivity contribution in [3.63, 3.8) is 0 Å². The molecule has 0 amide bonds. The standard InChI is InChI=1S/C14H27N5O2/c1-5-8-21-14-18-12(15-4)17-13(19-14)16-9-11(20)10(6-2)7-3/h10-11,20H,5-9H2,1-4H3,(H2,15,16,17,18,19). The highest BCUT2D eigenvalue weighted by Crippen LogP contribution is 2.15. The van der Waals surface area contributed by atoms with Crippen LogP contribution in [0.1, 0.15) is 40.0 Å². The van der Waals surface area contributed by atoms with Crippen molar-refractivity contribution >= 4 is 11.9 Å². The highest BCUT2D eigenvalue weighted by atomic mass is 16.5. The van der Waals surface area contributed by atoms with Crippen LogP contribution in [-0.2, 0) is 0 Å². The van der Waals surface area contributed by atoms with Gasteiger partial charge in [0, 0.05) is 13.6 Å². The van der Waals surface area contributed by atoms with Crippen molar-refractivity contribution in [3.8, 4) is 6.01 Å². The van der Waals surface area contributed by atoms with Crippen LogP contribution in [0.25, 0.3) is 0 Å². The lowest BCUT2D eigenvalue weighted by Crippen LogP contribution is -2.28. The molecule has 1 aromatic rings. The number of hydrogen-bond acceptors (Lipinski definition) is 7. The van der Waals surface area contributed by atoms with Gasteiger partial charge in [-0.05, 0) is 12.3 Å². The van der Waals surface area contributed by atoms with Gasteiger partial charge in [-0.15, -0.1) is 0 Å². The maximum atomic E-state index is 10.1. The molecule has 120 valence electrons. The van der Waals surface area contributed by atoms with Gasteiger partial charge in [0.2, 0.25) is 11.9 Å². The first-order valence-corrected chi connectivity index (χ1v) is 7.63. The number of aromatic nitrogens is 3. The van der Waals surface area contributed by atoms with E-state index in [4.69, 9.17) is 4.74 Å². The first-order valence-electron chi connectivity index (χ1n) is 7.63. The summed E-state index contributed by atoms with van der Waals surface area (Å²) < 4.78 is 5.43. The largest absolute Gasteiger partial charge is 0.463 e. The highest BCUT2D eigenvalue weighted by molar-refractivity contribution is 5.35. The number of aliphatic hydroxyl groups excluding tert-OH is 1. The molecule has 3 N–H and O–H groups in total. The Morgan fingerprint density at radius 2 is 1.76 bits per heavy atom. The summed E-state index contributed by atoms with van der Waals surface area (Å²) in [4.78, 5) is 12.5. The number of ether oxygens (including phenoxy) is 1. The lowest BCUT2D eigenvalue weighted by molar-refractivity contribution is 0.114. The molecule has 0 spiro atoms. The van der Waals surface area contributed by atoms with Crippen LogP contribution in [0.2, 0.25) is 0 Å². The Morgan fingerprint density at radius 1 is 1.10 bits per heavy atom. The van der Waals surface area contributed by atoms with Crippen LogP contribution in [0.3, 0.4) is 0 Å². The number of nitrogens with one attached hydrogen (secondary N) is 2. The van der Waals surface area contributed by atoms with Gasteiger partial charge < -0.3 is 20.5 Å². The predicted molar refractivity (Wildman–Crippen MR) is 83.7 cm³/mol. The van der Waals surface area contributed by atoms with Crippen molar-refractivity contribution < 1.29 is 9.84 Å². The summed E-state index contributed by atoms with van der Waals surface area (Å²) in [6, 6.07) is 0.288. The molecule has 1 aromatic heterocycles. The Morgan fingerprint density at radius 3 is 2.33 bits per heavy atom. The molecule has 0 fully saturated rings. The van der Waals surface area contributed by atoms with Crippen molar-refractivity contribution in [2.75, 3.05) is 30.8 Å². The fraction of sp³-hybridized carbons (Fsp3) is 0.786. The first kappa shape index (κ1) is 17.4. The number of nitrogens with zero attached hydrogens (tertiary/aromatic N) is 3. The molecular weight excluding hydrogens is 270 g/mol. The Hall–Kier alpha value is -1.63. The Bertz CT molecular complexity index is 412. The quantitative estimate of drug-likeness (QED) is 0.607. The molecule has 7 heteroatoms. The molecule has 0 aromatic carbocycles. The zero-order valence-electron chi connectivity index (χ0n) is 13.4. The molecule has 21 heavy (non-hydrogen) atoms. The number of rotatable bonds is 10. The minimum atomic E-state index is -0.421. The van der Waals surface area contributed by atoms with E-state index in [1.807, 2.05) is 6.92 Å². The van der Waals surface area contributed by atoms with E-state index in [1.54, 1.807) is 7.05 Å². The van der Waals surface area contributed by atoms with Gasteiger partial charge in [0.1, 0.15) is 0 Å². The Labute approximate surface area is 126 Å². The van der Waals surface area contributed by atoms with Gasteiger partial charge in [-0.3, -0.25) is 0 Å². The van der Waals surface area contributed by atoms with E-state index in [0.29, 0.717) is 25.0 Å². The minimum absolute atomic E-state index is 0.277. The summed E-state index contributed by atoms with van der Waals surface area (Å²) >= 11 is 0. The van der Waals surface area contributed by atoms with E-state index in [1.165, 1.54) is 0 Å². The SMILES string of the molecule is CCCOc1nc(NC)nc(NCC(O)C(CC)CC)n1. The molecule has 1 heterocycles. The average Bonchev–Trinajstić information content (AvgIpc) is 2.51. The molecule has 7 nitrogen and oxygen atoms in total. The van der Waals surface area contributed by atoms with Crippen LogP contribution < -0.4 is 15.4 Å². The molecule has 0 saturated carbocycles. The molecule has 0 bridgehead atoms. The van der Waals surface area contributed by atoms with Crippen LogP contribution in [-0.4, -0.2) is 46.4 Å². The third-order valence-corrected chi connectivity index (χ3v) is 3.34. The van der Waals surface area contributed by atoms with Crippen LogP contribution >= 0.6 is 0 Å². The fourth-order valence-corrected chi connectivity index (χ4v) is 2.00. The summed E-state index contributed by atoms with van der Waals surface area (Å²) in [5.41, 5.74) is 0. The maximum Gasteiger partial charge on any atom is 0.323 e. The number of aliphatic hydroxyl groups is 1. The Kier molecular flexibility index (Phi) is 7.74. The topological polar surface area (TPSA) is 92.2 Å². The molecular formula is C14H27N5O2. The second kappa shape index (κ2) is 9.33. The second-order valence-corrected chi connectivity index (χ2v) is 4.89. The lowest BCUT2D eigenvalue weighted by atomic mass is 9.97. The lowest BCUT2D eigenvalue weighted by Gasteiger charge is -2.20. The average molecular weight is 297 g/mol. The zero-order chi connectivity index (χ0) is 15.7. The van der Waals surface area contributed by atoms with Crippen molar-refractivity contribution in [2.45, 2.75) is 46.1 Å². The van der Waals surface area contributed by atoms with Crippen molar-refractivity contribution in [2.24, 2.45) is 5.92 Å². The van der Waals surface area contributed by atoms with E-state index in [0.717, 1.165) is 19.3 Å². The van der Waals surface area contributed by atoms with Crippen molar-refractivity contribution in [3.05, 3.63) is 0 Å². The molecule has 0 aliphatic heterocycles. The normalized spacial score (nSPS) is 12.3. The van der Waals surface area contributed by atoms with E-state index >= 15 is 0 Å². The molecule has 1 atom stereocenters. The van der Waals surface area contributed by atoms with E-state index < -0.39 is 6.10 Å². The van der Waals surface area contributed by atoms with E-state index in [-0.39, 0.29) is 11.9 Å². The van der Waals surface area contributed by atoms with Gasteiger partial charge in [-0.2, -0.15) is 15.0 Å². The fourth-order valence-electron chi connectivity index (χ4n) is 2.00. The van der Waals surface area contributed by atoms with Crippen LogP contribution in [0.15, 0.2) is 0 Å². The highest BCUT2D eigenvalue weighted by Gasteiger charge is 2.16. The summed E-state index contributed by atoms with van der Waals surface area (Å²) in [5.74, 6) is 1.13. The summed E-state index contributed by atoms with van der Waals surface area (Å²) in [6.45, 7) is 7.15. The van der Waals surface area contributed by atoms with E-state index in [2.05, 4.69) is 39.4 Å². The van der Waals surface area contributed by atoms with Crippen molar-refractivity contribution in [1.82, 2.24) is 15.0 Å². The molecule has 1 unspecified atom stereocenters. The Balaban J connectivity index is 2.68. The predicted octanol–water partition coefficient (Wildman–Crippen LogP) is 1.91. The number of anilines is 2. The smallest absolute Gasteiger partial charge is 0.323 e. The van der Waals surface area contributed by atoms with Crippen molar-refractivity contribution in [1.29, 1.82) is 0 Å². The summed E-state index contributed by atoms with van der Waals surface area (Å²) in [7, 11) is 1.74. The zero-order valence-corrected chi connectivity index (χ0v) is 13.4.